The predicted octanol–water partition coefficient (Wildman–Crippen LogP) is 6.85. The van der Waals surface area contributed by atoms with Gasteiger partial charge in [-0.2, -0.15) is 0 Å². The first-order valence-corrected chi connectivity index (χ1v) is 10.0. The van der Waals surface area contributed by atoms with Crippen molar-refractivity contribution in [3.63, 3.8) is 0 Å². The van der Waals surface area contributed by atoms with E-state index in [0.29, 0.717) is 28.6 Å². The number of rotatable bonds is 7. The fourth-order valence-electron chi connectivity index (χ4n) is 2.67. The fourth-order valence-corrected chi connectivity index (χ4v) is 2.67. The zero-order valence-corrected chi connectivity index (χ0v) is 19.0. The third kappa shape index (κ3) is 7.43. The van der Waals surface area contributed by atoms with Crippen LogP contribution in [0.15, 0.2) is 60.9 Å². The van der Waals surface area contributed by atoms with Crippen molar-refractivity contribution in [2.45, 2.75) is 59.7 Å². The summed E-state index contributed by atoms with van der Waals surface area (Å²) in [5.74, 6) is 2.45. The molecule has 0 atom stereocenters. The number of ether oxygens (including phenoxy) is 3. The summed E-state index contributed by atoms with van der Waals surface area (Å²) in [7, 11) is 0. The van der Waals surface area contributed by atoms with Gasteiger partial charge in [0.2, 0.25) is 0 Å². The first kappa shape index (κ1) is 23.3. The molecule has 0 unspecified atom stereocenters. The number of ketones is 1. The number of allylic oxidation sites excluding steroid dienone is 2. The van der Waals surface area contributed by atoms with Crippen LogP contribution in [0.2, 0.25) is 0 Å². The van der Waals surface area contributed by atoms with Gasteiger partial charge in [-0.15, -0.1) is 0 Å². The predicted molar refractivity (Wildman–Crippen MR) is 122 cm³/mol. The van der Waals surface area contributed by atoms with Crippen LogP contribution in [0, 0.1) is 0 Å². The van der Waals surface area contributed by atoms with Gasteiger partial charge in [0.15, 0.2) is 5.78 Å². The molecule has 2 aromatic carbocycles. The molecule has 0 amide bonds. The highest BCUT2D eigenvalue weighted by atomic mass is 16.5. The van der Waals surface area contributed by atoms with Gasteiger partial charge in [-0.1, -0.05) is 12.6 Å². The summed E-state index contributed by atoms with van der Waals surface area (Å²) < 4.78 is 17.7. The first-order chi connectivity index (χ1) is 13.8. The molecule has 0 aliphatic heterocycles. The van der Waals surface area contributed by atoms with Crippen LogP contribution in [0.5, 0.6) is 17.2 Å². The number of hydrogen-bond acceptors (Lipinski definition) is 4. The van der Waals surface area contributed by atoms with Crippen LogP contribution in [0.25, 0.3) is 6.08 Å². The smallest absolute Gasteiger partial charge is 0.185 e. The highest BCUT2D eigenvalue weighted by molar-refractivity contribution is 6.07. The van der Waals surface area contributed by atoms with Crippen molar-refractivity contribution < 1.29 is 19.0 Å². The van der Waals surface area contributed by atoms with E-state index in [1.54, 1.807) is 37.3 Å². The Labute approximate surface area is 180 Å². The summed E-state index contributed by atoms with van der Waals surface area (Å²) in [6.45, 7) is 17.4. The largest absolute Gasteiger partial charge is 0.487 e. The van der Waals surface area contributed by atoms with Gasteiger partial charge >= 0.3 is 0 Å². The number of benzene rings is 2. The number of carbonyl (C=O) groups is 1. The molecule has 2 aromatic rings. The SMILES string of the molecule is C=C(C)Oc1ccc(C(=O)/C=C/c2c(OC(C)(C)C)cccc2OC(C)(C)C)cc1. The molecule has 0 aromatic heterocycles. The van der Waals surface area contributed by atoms with Crippen LogP contribution in [-0.4, -0.2) is 17.0 Å². The molecule has 0 aliphatic rings. The van der Waals surface area contributed by atoms with E-state index in [1.807, 2.05) is 59.7 Å². The third-order valence-corrected chi connectivity index (χ3v) is 3.69. The van der Waals surface area contributed by atoms with Crippen LogP contribution in [-0.2, 0) is 0 Å². The molecule has 4 heteroatoms. The Balaban J connectivity index is 2.35. The van der Waals surface area contributed by atoms with Crippen molar-refractivity contribution in [1.82, 2.24) is 0 Å². The van der Waals surface area contributed by atoms with E-state index in [0.717, 1.165) is 5.56 Å². The summed E-state index contributed by atoms with van der Waals surface area (Å²) in [4.78, 5) is 12.7. The van der Waals surface area contributed by atoms with Gasteiger partial charge in [-0.3, -0.25) is 4.79 Å². The van der Waals surface area contributed by atoms with Crippen LogP contribution in [0.3, 0.4) is 0 Å². The van der Waals surface area contributed by atoms with Crippen LogP contribution >= 0.6 is 0 Å². The van der Waals surface area contributed by atoms with Gasteiger partial charge in [-0.25, -0.2) is 0 Å². The minimum atomic E-state index is -0.383. The Morgan fingerprint density at radius 2 is 1.37 bits per heavy atom. The number of hydrogen-bond donors (Lipinski definition) is 0. The zero-order valence-electron chi connectivity index (χ0n) is 19.0. The molecule has 160 valence electrons. The summed E-state index contributed by atoms with van der Waals surface area (Å²) in [6, 6.07) is 12.6. The monoisotopic (exact) mass is 408 g/mol. The molecule has 0 spiro atoms. The van der Waals surface area contributed by atoms with Gasteiger partial charge in [-0.05, 0) is 97.0 Å². The van der Waals surface area contributed by atoms with E-state index in [-0.39, 0.29) is 17.0 Å². The highest BCUT2D eigenvalue weighted by Crippen LogP contribution is 2.34. The lowest BCUT2D eigenvalue weighted by Crippen LogP contribution is -2.25. The van der Waals surface area contributed by atoms with E-state index in [9.17, 15) is 4.79 Å². The Hall–Kier alpha value is -3.01. The van der Waals surface area contributed by atoms with E-state index < -0.39 is 0 Å². The molecule has 0 aliphatic carbocycles. The highest BCUT2D eigenvalue weighted by Gasteiger charge is 2.20. The van der Waals surface area contributed by atoms with Gasteiger partial charge in [0.05, 0.1) is 11.3 Å². The van der Waals surface area contributed by atoms with Gasteiger partial charge < -0.3 is 14.2 Å². The standard InChI is InChI=1S/C26H32O4/c1-18(2)28-20-14-12-19(13-15-20)22(27)17-16-21-23(29-25(3,4)5)10-9-11-24(21)30-26(6,7)8/h9-17H,1H2,2-8H3/b17-16+. The molecular weight excluding hydrogens is 376 g/mol. The summed E-state index contributed by atoms with van der Waals surface area (Å²) in [5.41, 5.74) is 0.531. The zero-order chi connectivity index (χ0) is 22.5. The maximum atomic E-state index is 12.7. The third-order valence-electron chi connectivity index (χ3n) is 3.69. The molecule has 0 fully saturated rings. The first-order valence-electron chi connectivity index (χ1n) is 10.0. The van der Waals surface area contributed by atoms with E-state index >= 15 is 0 Å². The van der Waals surface area contributed by atoms with Crippen molar-refractivity contribution in [3.8, 4) is 17.2 Å². The van der Waals surface area contributed by atoms with Crippen LogP contribution in [0.4, 0.5) is 0 Å². The van der Waals surface area contributed by atoms with Crippen molar-refractivity contribution in [3.05, 3.63) is 72.0 Å². The minimum Gasteiger partial charge on any atom is -0.487 e. The van der Waals surface area contributed by atoms with Crippen molar-refractivity contribution in [1.29, 1.82) is 0 Å². The van der Waals surface area contributed by atoms with Crippen molar-refractivity contribution >= 4 is 11.9 Å². The molecule has 4 nitrogen and oxygen atoms in total. The summed E-state index contributed by atoms with van der Waals surface area (Å²) in [6.07, 6.45) is 3.29. The fraction of sp³-hybridized carbons (Fsp3) is 0.346. The number of carbonyl (C=O) groups excluding carboxylic acids is 1. The lowest BCUT2D eigenvalue weighted by molar-refractivity contribution is 0.104. The molecule has 0 saturated heterocycles. The van der Waals surface area contributed by atoms with Crippen molar-refractivity contribution in [2.24, 2.45) is 0 Å². The molecule has 0 heterocycles. The Bertz CT molecular complexity index is 889. The lowest BCUT2D eigenvalue weighted by atomic mass is 10.1. The second-order valence-corrected chi connectivity index (χ2v) is 9.12. The maximum Gasteiger partial charge on any atom is 0.185 e. The second-order valence-electron chi connectivity index (χ2n) is 9.12. The van der Waals surface area contributed by atoms with E-state index in [1.165, 1.54) is 6.08 Å². The van der Waals surface area contributed by atoms with Crippen LogP contribution in [0.1, 0.15) is 64.4 Å². The van der Waals surface area contributed by atoms with Gasteiger partial charge in [0.1, 0.15) is 28.5 Å². The molecule has 0 radical (unpaired) electrons. The Morgan fingerprint density at radius 1 is 0.867 bits per heavy atom. The van der Waals surface area contributed by atoms with E-state index in [4.69, 9.17) is 14.2 Å². The molecule has 0 N–H and O–H groups in total. The summed E-state index contributed by atoms with van der Waals surface area (Å²) in [5, 5.41) is 0. The van der Waals surface area contributed by atoms with Crippen LogP contribution < -0.4 is 14.2 Å². The summed E-state index contributed by atoms with van der Waals surface area (Å²) >= 11 is 0. The quantitative estimate of drug-likeness (QED) is 0.285. The normalized spacial score (nSPS) is 12.0. The van der Waals surface area contributed by atoms with Crippen molar-refractivity contribution in [2.75, 3.05) is 0 Å². The second kappa shape index (κ2) is 9.21. The average Bonchev–Trinajstić information content (AvgIpc) is 2.58. The van der Waals surface area contributed by atoms with Gasteiger partial charge in [0, 0.05) is 5.56 Å². The van der Waals surface area contributed by atoms with Gasteiger partial charge in [0.25, 0.3) is 0 Å². The lowest BCUT2D eigenvalue weighted by Gasteiger charge is -2.26. The maximum absolute atomic E-state index is 12.7. The van der Waals surface area contributed by atoms with E-state index in [2.05, 4.69) is 6.58 Å². The Morgan fingerprint density at radius 3 is 1.80 bits per heavy atom. The molecular formula is C26H32O4. The molecule has 0 bridgehead atoms. The minimum absolute atomic E-state index is 0.121. The Kier molecular flexibility index (Phi) is 7.14. The average molecular weight is 409 g/mol. The molecule has 0 saturated carbocycles. The topological polar surface area (TPSA) is 44.8 Å². The molecule has 2 rings (SSSR count). The molecule has 30 heavy (non-hydrogen) atoms.